The molecule has 0 aliphatic rings. The first kappa shape index (κ1) is 27.1. The zero-order valence-corrected chi connectivity index (χ0v) is 23.3. The molecule has 11 heteroatoms. The molecule has 6 nitrogen and oxygen atoms in total. The Balaban J connectivity index is 1.28. The summed E-state index contributed by atoms with van der Waals surface area (Å²) in [4.78, 5) is 29.3. The van der Waals surface area contributed by atoms with E-state index in [2.05, 4.69) is 20.9 Å². The van der Waals surface area contributed by atoms with Crippen molar-refractivity contribution in [3.8, 4) is 11.3 Å². The SMILES string of the molecule is CC(=O)c1ccc(NC(=S)Nc2cccc(SCC(=O)Nc3nc(-c4ccc(Cl)c(Cl)c4)cs3)c2)cc1. The molecule has 0 saturated carbocycles. The third kappa shape index (κ3) is 7.77. The molecule has 3 N–H and O–H groups in total. The van der Waals surface area contributed by atoms with Crippen LogP contribution in [0.1, 0.15) is 17.3 Å². The number of anilines is 3. The Labute approximate surface area is 237 Å². The van der Waals surface area contributed by atoms with Crippen molar-refractivity contribution in [1.82, 2.24) is 4.98 Å². The molecule has 0 aliphatic heterocycles. The first-order valence-corrected chi connectivity index (χ1v) is 13.9. The number of amides is 1. The lowest BCUT2D eigenvalue weighted by molar-refractivity contribution is -0.113. The Hall–Kier alpha value is -2.95. The van der Waals surface area contributed by atoms with Crippen LogP contribution in [0.15, 0.2) is 77.0 Å². The molecule has 0 atom stereocenters. The van der Waals surface area contributed by atoms with Crippen LogP contribution >= 0.6 is 58.5 Å². The standard InChI is InChI=1S/C26H20Cl2N4O2S3/c1-15(33)16-5-8-18(9-6-16)29-25(35)30-19-3-2-4-20(12-19)36-14-24(34)32-26-31-23(13-37-26)17-7-10-21(27)22(28)11-17/h2-13H,14H2,1H3,(H2,29,30,35)(H,31,32,34). The molecule has 4 aromatic rings. The minimum atomic E-state index is -0.162. The van der Waals surface area contributed by atoms with Crippen molar-refractivity contribution in [3.63, 3.8) is 0 Å². The topological polar surface area (TPSA) is 83.1 Å². The van der Waals surface area contributed by atoms with E-state index in [0.29, 0.717) is 31.5 Å². The fourth-order valence-corrected chi connectivity index (χ4v) is 5.19. The van der Waals surface area contributed by atoms with Crippen LogP contribution in [-0.4, -0.2) is 27.5 Å². The van der Waals surface area contributed by atoms with Crippen LogP contribution in [0.2, 0.25) is 10.0 Å². The molecule has 1 aromatic heterocycles. The Bertz CT molecular complexity index is 1460. The van der Waals surface area contributed by atoms with E-state index in [-0.39, 0.29) is 17.4 Å². The number of hydrogen-bond donors (Lipinski definition) is 3. The molecular formula is C26H20Cl2N4O2S3. The largest absolute Gasteiger partial charge is 0.332 e. The first-order chi connectivity index (χ1) is 17.8. The number of hydrogen-bond acceptors (Lipinski definition) is 6. The molecule has 0 bridgehead atoms. The molecule has 0 saturated heterocycles. The number of nitrogens with one attached hydrogen (secondary N) is 3. The molecule has 0 fully saturated rings. The molecule has 0 unspecified atom stereocenters. The van der Waals surface area contributed by atoms with E-state index in [4.69, 9.17) is 35.4 Å². The number of aromatic nitrogens is 1. The lowest BCUT2D eigenvalue weighted by atomic mass is 10.1. The van der Waals surface area contributed by atoms with Crippen LogP contribution < -0.4 is 16.0 Å². The third-order valence-corrected chi connectivity index (χ3v) is 7.67. The van der Waals surface area contributed by atoms with E-state index in [9.17, 15) is 9.59 Å². The molecule has 1 heterocycles. The number of carbonyl (C=O) groups excluding carboxylic acids is 2. The van der Waals surface area contributed by atoms with Crippen LogP contribution in [-0.2, 0) is 4.79 Å². The Morgan fingerprint density at radius 1 is 0.946 bits per heavy atom. The highest BCUT2D eigenvalue weighted by Crippen LogP contribution is 2.30. The van der Waals surface area contributed by atoms with Crippen molar-refractivity contribution in [3.05, 3.63) is 87.7 Å². The number of halogens is 2. The van der Waals surface area contributed by atoms with Gasteiger partial charge in [-0.1, -0.05) is 35.3 Å². The minimum absolute atomic E-state index is 0.00921. The second-order valence-electron chi connectivity index (χ2n) is 7.74. The smallest absolute Gasteiger partial charge is 0.236 e. The second-order valence-corrected chi connectivity index (χ2v) is 10.9. The molecule has 1 amide bonds. The summed E-state index contributed by atoms with van der Waals surface area (Å²) < 4.78 is 0. The average Bonchev–Trinajstić information content (AvgIpc) is 3.33. The molecule has 3 aromatic carbocycles. The Kier molecular flexibility index (Phi) is 9.18. The molecule has 188 valence electrons. The monoisotopic (exact) mass is 586 g/mol. The van der Waals surface area contributed by atoms with Gasteiger partial charge in [0.15, 0.2) is 16.0 Å². The summed E-state index contributed by atoms with van der Waals surface area (Å²) in [6, 6.07) is 20.0. The van der Waals surface area contributed by atoms with Gasteiger partial charge in [-0.25, -0.2) is 4.98 Å². The normalized spacial score (nSPS) is 10.6. The Morgan fingerprint density at radius 3 is 2.43 bits per heavy atom. The van der Waals surface area contributed by atoms with Crippen molar-refractivity contribution in [2.75, 3.05) is 21.7 Å². The van der Waals surface area contributed by atoms with E-state index in [1.165, 1.54) is 30.0 Å². The highest BCUT2D eigenvalue weighted by molar-refractivity contribution is 8.00. The van der Waals surface area contributed by atoms with Crippen molar-refractivity contribution >= 4 is 91.8 Å². The zero-order chi connectivity index (χ0) is 26.4. The summed E-state index contributed by atoms with van der Waals surface area (Å²) >= 11 is 20.2. The first-order valence-electron chi connectivity index (χ1n) is 10.9. The summed E-state index contributed by atoms with van der Waals surface area (Å²) in [6.07, 6.45) is 0. The minimum Gasteiger partial charge on any atom is -0.332 e. The highest BCUT2D eigenvalue weighted by atomic mass is 35.5. The number of benzene rings is 3. The quantitative estimate of drug-likeness (QED) is 0.110. The van der Waals surface area contributed by atoms with Gasteiger partial charge in [0.1, 0.15) is 0 Å². The van der Waals surface area contributed by atoms with Gasteiger partial charge in [-0.2, -0.15) is 0 Å². The second kappa shape index (κ2) is 12.5. The molecule has 37 heavy (non-hydrogen) atoms. The lowest BCUT2D eigenvalue weighted by Gasteiger charge is -2.12. The van der Waals surface area contributed by atoms with Gasteiger partial charge in [-0.15, -0.1) is 23.1 Å². The van der Waals surface area contributed by atoms with Gasteiger partial charge in [-0.3, -0.25) is 9.59 Å². The maximum Gasteiger partial charge on any atom is 0.236 e. The summed E-state index contributed by atoms with van der Waals surface area (Å²) in [5, 5.41) is 12.8. The molecular weight excluding hydrogens is 567 g/mol. The zero-order valence-electron chi connectivity index (χ0n) is 19.4. The summed E-state index contributed by atoms with van der Waals surface area (Å²) in [5.41, 5.74) is 3.73. The van der Waals surface area contributed by atoms with Crippen LogP contribution in [0.4, 0.5) is 16.5 Å². The number of thioether (sulfide) groups is 1. The number of Topliss-reactive ketones (excluding diaryl/α,β-unsaturated/α-hetero) is 1. The van der Waals surface area contributed by atoms with E-state index in [0.717, 1.165) is 21.8 Å². The van der Waals surface area contributed by atoms with Crippen molar-refractivity contribution < 1.29 is 9.59 Å². The van der Waals surface area contributed by atoms with Crippen LogP contribution in [0.3, 0.4) is 0 Å². The van der Waals surface area contributed by atoms with Gasteiger partial charge in [0.2, 0.25) is 5.91 Å². The molecule has 0 spiro atoms. The number of nitrogens with zero attached hydrogens (tertiary/aromatic N) is 1. The summed E-state index contributed by atoms with van der Waals surface area (Å²) in [7, 11) is 0. The lowest BCUT2D eigenvalue weighted by Crippen LogP contribution is -2.19. The van der Waals surface area contributed by atoms with E-state index < -0.39 is 0 Å². The average molecular weight is 588 g/mol. The molecule has 4 rings (SSSR count). The summed E-state index contributed by atoms with van der Waals surface area (Å²) in [5.74, 6) is 0.0654. The molecule has 0 radical (unpaired) electrons. The van der Waals surface area contributed by atoms with E-state index >= 15 is 0 Å². The Morgan fingerprint density at radius 2 is 1.70 bits per heavy atom. The fraction of sp³-hybridized carbons (Fsp3) is 0.0769. The fourth-order valence-electron chi connectivity index (χ4n) is 3.17. The summed E-state index contributed by atoms with van der Waals surface area (Å²) in [6.45, 7) is 1.53. The third-order valence-electron chi connectivity index (χ3n) is 4.98. The maximum atomic E-state index is 12.5. The maximum absolute atomic E-state index is 12.5. The number of thiocarbonyl (C=S) groups is 1. The van der Waals surface area contributed by atoms with Gasteiger partial charge in [-0.05, 0) is 73.7 Å². The van der Waals surface area contributed by atoms with Crippen LogP contribution in [0, 0.1) is 0 Å². The van der Waals surface area contributed by atoms with Gasteiger partial charge < -0.3 is 16.0 Å². The predicted octanol–water partition coefficient (Wildman–Crippen LogP) is 7.86. The number of thiazole rings is 1. The van der Waals surface area contributed by atoms with Crippen LogP contribution in [0.5, 0.6) is 0 Å². The van der Waals surface area contributed by atoms with E-state index in [1.54, 1.807) is 36.4 Å². The highest BCUT2D eigenvalue weighted by Gasteiger charge is 2.10. The predicted molar refractivity (Wildman–Crippen MR) is 160 cm³/mol. The molecule has 0 aliphatic carbocycles. The van der Waals surface area contributed by atoms with Gasteiger partial charge >= 0.3 is 0 Å². The van der Waals surface area contributed by atoms with Crippen molar-refractivity contribution in [2.24, 2.45) is 0 Å². The van der Waals surface area contributed by atoms with Crippen LogP contribution in [0.25, 0.3) is 11.3 Å². The van der Waals surface area contributed by atoms with E-state index in [1.807, 2.05) is 35.7 Å². The number of rotatable bonds is 8. The number of carbonyl (C=O) groups is 2. The van der Waals surface area contributed by atoms with Crippen molar-refractivity contribution in [1.29, 1.82) is 0 Å². The van der Waals surface area contributed by atoms with Gasteiger partial charge in [0, 0.05) is 32.8 Å². The van der Waals surface area contributed by atoms with Crippen molar-refractivity contribution in [2.45, 2.75) is 11.8 Å². The number of ketones is 1. The van der Waals surface area contributed by atoms with Gasteiger partial charge in [0.05, 0.1) is 21.5 Å². The van der Waals surface area contributed by atoms with Gasteiger partial charge in [0.25, 0.3) is 0 Å².